The molecule has 2 aromatic heterocycles. The van der Waals surface area contributed by atoms with Crippen LogP contribution >= 0.6 is 0 Å². The Labute approximate surface area is 142 Å². The second kappa shape index (κ2) is 6.68. The summed E-state index contributed by atoms with van der Waals surface area (Å²) in [7, 11) is 1.97. The van der Waals surface area contributed by atoms with Crippen LogP contribution in [0.15, 0.2) is 18.5 Å². The van der Waals surface area contributed by atoms with Gasteiger partial charge in [-0.25, -0.2) is 9.97 Å². The van der Waals surface area contributed by atoms with Gasteiger partial charge in [-0.15, -0.1) is 0 Å². The van der Waals surface area contributed by atoms with Crippen molar-refractivity contribution in [1.82, 2.24) is 24.6 Å². The van der Waals surface area contributed by atoms with E-state index in [4.69, 9.17) is 0 Å². The molecule has 1 amide bonds. The highest BCUT2D eigenvalue weighted by molar-refractivity contribution is 5.93. The molecule has 1 aliphatic rings. The number of aryl methyl sites for hydroxylation is 2. The van der Waals surface area contributed by atoms with Crippen molar-refractivity contribution in [3.8, 4) is 0 Å². The van der Waals surface area contributed by atoms with Crippen LogP contribution in [0.1, 0.15) is 42.8 Å². The first kappa shape index (κ1) is 16.6. The first-order chi connectivity index (χ1) is 11.5. The van der Waals surface area contributed by atoms with E-state index in [1.807, 2.05) is 25.6 Å². The smallest absolute Gasteiger partial charge is 0.243 e. The third-order valence-electron chi connectivity index (χ3n) is 4.87. The Morgan fingerprint density at radius 3 is 2.67 bits per heavy atom. The van der Waals surface area contributed by atoms with Gasteiger partial charge in [-0.05, 0) is 46.2 Å². The summed E-state index contributed by atoms with van der Waals surface area (Å²) in [5, 5.41) is 7.33. The number of anilines is 1. The first-order valence-corrected chi connectivity index (χ1v) is 8.32. The number of rotatable bonds is 4. The Bertz CT molecular complexity index is 726. The molecule has 3 rings (SSSR count). The van der Waals surface area contributed by atoms with Crippen LogP contribution in [0.2, 0.25) is 0 Å². The van der Waals surface area contributed by atoms with E-state index >= 15 is 0 Å². The van der Waals surface area contributed by atoms with E-state index in [1.54, 1.807) is 18.5 Å². The van der Waals surface area contributed by atoms with Crippen LogP contribution in [0.4, 0.5) is 5.95 Å². The number of amides is 1. The Morgan fingerprint density at radius 1 is 1.33 bits per heavy atom. The minimum Gasteiger partial charge on any atom is -0.293 e. The van der Waals surface area contributed by atoms with Crippen molar-refractivity contribution >= 4 is 11.9 Å². The van der Waals surface area contributed by atoms with Crippen LogP contribution in [-0.4, -0.2) is 43.1 Å². The Hall–Kier alpha value is -2.28. The van der Waals surface area contributed by atoms with Crippen molar-refractivity contribution in [3.05, 3.63) is 35.4 Å². The number of likely N-dealkylation sites (tertiary alicyclic amines) is 1. The molecule has 0 bridgehead atoms. The van der Waals surface area contributed by atoms with Crippen molar-refractivity contribution in [2.45, 2.75) is 45.7 Å². The van der Waals surface area contributed by atoms with Crippen molar-refractivity contribution in [3.63, 3.8) is 0 Å². The highest BCUT2D eigenvalue weighted by Crippen LogP contribution is 2.36. The van der Waals surface area contributed by atoms with Crippen LogP contribution in [0, 0.1) is 13.8 Å². The summed E-state index contributed by atoms with van der Waals surface area (Å²) in [6, 6.07) is 1.71. The average Bonchev–Trinajstić information content (AvgIpc) is 3.12. The normalized spacial score (nSPS) is 19.4. The van der Waals surface area contributed by atoms with Crippen molar-refractivity contribution < 1.29 is 4.79 Å². The molecule has 2 atom stereocenters. The number of carbonyl (C=O) groups is 1. The van der Waals surface area contributed by atoms with Gasteiger partial charge in [0.1, 0.15) is 0 Å². The summed E-state index contributed by atoms with van der Waals surface area (Å²) in [5.74, 6) is 0.270. The molecular formula is C17H24N6O. The molecule has 0 unspecified atom stereocenters. The third kappa shape index (κ3) is 3.03. The molecule has 0 radical (unpaired) electrons. The fourth-order valence-corrected chi connectivity index (χ4v) is 3.56. The molecule has 0 saturated carbocycles. The molecule has 24 heavy (non-hydrogen) atoms. The lowest BCUT2D eigenvalue weighted by Crippen LogP contribution is -2.42. The van der Waals surface area contributed by atoms with E-state index in [1.165, 1.54) is 11.3 Å². The lowest BCUT2D eigenvalue weighted by molar-refractivity contribution is -0.121. The molecule has 1 aliphatic heterocycles. The van der Waals surface area contributed by atoms with Crippen LogP contribution < -0.4 is 5.32 Å². The largest absolute Gasteiger partial charge is 0.293 e. The van der Waals surface area contributed by atoms with E-state index in [0.717, 1.165) is 25.1 Å². The van der Waals surface area contributed by atoms with Gasteiger partial charge in [0.2, 0.25) is 11.9 Å². The van der Waals surface area contributed by atoms with Crippen LogP contribution in [0.3, 0.4) is 0 Å². The zero-order valence-electron chi connectivity index (χ0n) is 14.7. The van der Waals surface area contributed by atoms with E-state index in [2.05, 4.69) is 32.2 Å². The summed E-state index contributed by atoms with van der Waals surface area (Å²) < 4.78 is 1.92. The van der Waals surface area contributed by atoms with E-state index in [-0.39, 0.29) is 18.0 Å². The second-order valence-corrected chi connectivity index (χ2v) is 6.34. The number of carbonyl (C=O) groups excluding carboxylic acids is 1. The van der Waals surface area contributed by atoms with Gasteiger partial charge < -0.3 is 0 Å². The van der Waals surface area contributed by atoms with Crippen molar-refractivity contribution in [2.24, 2.45) is 7.05 Å². The molecule has 2 aromatic rings. The number of nitrogens with zero attached hydrogens (tertiary/aromatic N) is 5. The molecule has 1 saturated heterocycles. The number of hydrogen-bond donors (Lipinski definition) is 1. The molecule has 128 valence electrons. The molecule has 1 N–H and O–H groups in total. The van der Waals surface area contributed by atoms with Crippen molar-refractivity contribution in [2.75, 3.05) is 11.9 Å². The summed E-state index contributed by atoms with van der Waals surface area (Å²) in [6.45, 7) is 6.98. The van der Waals surface area contributed by atoms with Gasteiger partial charge in [-0.3, -0.25) is 19.7 Å². The molecule has 0 spiro atoms. The SMILES string of the molecule is Cc1nn(C)c(C)c1[C@H]1CCCN1[C@@H](C)C(=O)Nc1ncccn1. The Morgan fingerprint density at radius 2 is 2.04 bits per heavy atom. The van der Waals surface area contributed by atoms with Gasteiger partial charge in [0, 0.05) is 36.7 Å². The molecule has 3 heterocycles. The molecule has 7 heteroatoms. The molecule has 1 fully saturated rings. The first-order valence-electron chi connectivity index (χ1n) is 8.32. The molecule has 7 nitrogen and oxygen atoms in total. The standard InChI is InChI=1S/C17H24N6O/c1-11-15(12(2)22(4)21-11)14-7-5-10-23(14)13(3)16(24)20-17-18-8-6-9-19-17/h6,8-9,13-14H,5,7,10H2,1-4H3,(H,18,19,20,24)/t13-,14+/m0/s1. The van der Waals surface area contributed by atoms with E-state index in [0.29, 0.717) is 5.95 Å². The fourth-order valence-electron chi connectivity index (χ4n) is 3.56. The van der Waals surface area contributed by atoms with Crippen LogP contribution in [-0.2, 0) is 11.8 Å². The van der Waals surface area contributed by atoms with Gasteiger partial charge >= 0.3 is 0 Å². The fraction of sp³-hybridized carbons (Fsp3) is 0.529. The van der Waals surface area contributed by atoms with Gasteiger partial charge in [0.25, 0.3) is 0 Å². The highest BCUT2D eigenvalue weighted by atomic mass is 16.2. The van der Waals surface area contributed by atoms with Crippen LogP contribution in [0.25, 0.3) is 0 Å². The lowest BCUT2D eigenvalue weighted by Gasteiger charge is -2.30. The van der Waals surface area contributed by atoms with Gasteiger partial charge in [0.15, 0.2) is 0 Å². The zero-order chi connectivity index (χ0) is 17.3. The maximum Gasteiger partial charge on any atom is 0.243 e. The third-order valence-corrected chi connectivity index (χ3v) is 4.87. The summed E-state index contributed by atoms with van der Waals surface area (Å²) in [4.78, 5) is 23.0. The summed E-state index contributed by atoms with van der Waals surface area (Å²) in [6.07, 6.45) is 5.37. The molecule has 0 aliphatic carbocycles. The average molecular weight is 328 g/mol. The Kier molecular flexibility index (Phi) is 4.62. The minimum absolute atomic E-state index is 0.0766. The second-order valence-electron chi connectivity index (χ2n) is 6.34. The van der Waals surface area contributed by atoms with E-state index in [9.17, 15) is 4.79 Å². The van der Waals surface area contributed by atoms with E-state index < -0.39 is 0 Å². The highest BCUT2D eigenvalue weighted by Gasteiger charge is 2.35. The van der Waals surface area contributed by atoms with Crippen molar-refractivity contribution in [1.29, 1.82) is 0 Å². The number of aromatic nitrogens is 4. The summed E-state index contributed by atoms with van der Waals surface area (Å²) >= 11 is 0. The van der Waals surface area contributed by atoms with Crippen LogP contribution in [0.5, 0.6) is 0 Å². The minimum atomic E-state index is -0.250. The monoisotopic (exact) mass is 328 g/mol. The Balaban J connectivity index is 1.78. The number of nitrogens with one attached hydrogen (secondary N) is 1. The summed E-state index contributed by atoms with van der Waals surface area (Å²) in [5.41, 5.74) is 3.47. The lowest BCUT2D eigenvalue weighted by atomic mass is 10.0. The molecule has 0 aromatic carbocycles. The topological polar surface area (TPSA) is 75.9 Å². The number of hydrogen-bond acceptors (Lipinski definition) is 5. The maximum atomic E-state index is 12.6. The zero-order valence-corrected chi connectivity index (χ0v) is 14.7. The maximum absolute atomic E-state index is 12.6. The quantitative estimate of drug-likeness (QED) is 0.929. The predicted octanol–water partition coefficient (Wildman–Crippen LogP) is 1.99. The van der Waals surface area contributed by atoms with Gasteiger partial charge in [-0.1, -0.05) is 0 Å². The molecular weight excluding hydrogens is 304 g/mol. The van der Waals surface area contributed by atoms with Gasteiger partial charge in [-0.2, -0.15) is 5.10 Å². The predicted molar refractivity (Wildman–Crippen MR) is 91.5 cm³/mol. The van der Waals surface area contributed by atoms with Gasteiger partial charge in [0.05, 0.1) is 11.7 Å².